The summed E-state index contributed by atoms with van der Waals surface area (Å²) in [5, 5.41) is 0. The molecule has 1 heterocycles. The van der Waals surface area contributed by atoms with Crippen molar-refractivity contribution in [3.63, 3.8) is 0 Å². The highest BCUT2D eigenvalue weighted by molar-refractivity contribution is 5.86. The predicted octanol–water partition coefficient (Wildman–Crippen LogP) is 0.361. The third kappa shape index (κ3) is 2.01. The minimum atomic E-state index is -0.661. The number of hydrogen-bond acceptors (Lipinski definition) is 3. The summed E-state index contributed by atoms with van der Waals surface area (Å²) in [5.41, 5.74) is 5.47. The summed E-state index contributed by atoms with van der Waals surface area (Å²) in [6, 6.07) is 0.160. The first-order valence-corrected chi connectivity index (χ1v) is 5.71. The molecule has 0 aromatic heterocycles. The molecule has 2 fully saturated rings. The van der Waals surface area contributed by atoms with Crippen molar-refractivity contribution < 1.29 is 9.53 Å². The van der Waals surface area contributed by atoms with Gasteiger partial charge in [0.05, 0.1) is 24.8 Å². The van der Waals surface area contributed by atoms with E-state index in [1.807, 2.05) is 18.7 Å². The third-order valence-electron chi connectivity index (χ3n) is 3.51. The zero-order chi connectivity index (χ0) is 11.1. The summed E-state index contributed by atoms with van der Waals surface area (Å²) in [6.45, 7) is 5.83. The summed E-state index contributed by atoms with van der Waals surface area (Å²) in [5.74, 6) is 0.487. The molecule has 1 aliphatic heterocycles. The van der Waals surface area contributed by atoms with Gasteiger partial charge in [-0.1, -0.05) is 0 Å². The average molecular weight is 212 g/mol. The lowest BCUT2D eigenvalue weighted by Crippen LogP contribution is -2.59. The Bertz CT molecular complexity index is 261. The van der Waals surface area contributed by atoms with Gasteiger partial charge in [-0.3, -0.25) is 4.79 Å². The van der Waals surface area contributed by atoms with Crippen molar-refractivity contribution >= 4 is 5.91 Å². The number of nitrogens with two attached hydrogens (primary N) is 1. The van der Waals surface area contributed by atoms with Crippen molar-refractivity contribution in [2.45, 2.75) is 38.3 Å². The van der Waals surface area contributed by atoms with E-state index in [0.29, 0.717) is 25.7 Å². The van der Waals surface area contributed by atoms with Crippen LogP contribution in [0.25, 0.3) is 0 Å². The van der Waals surface area contributed by atoms with Gasteiger partial charge in [0, 0.05) is 6.54 Å². The first kappa shape index (κ1) is 10.9. The highest BCUT2D eigenvalue weighted by Gasteiger charge is 2.46. The largest absolute Gasteiger partial charge is 0.377 e. The van der Waals surface area contributed by atoms with Gasteiger partial charge in [-0.2, -0.15) is 0 Å². The Morgan fingerprint density at radius 2 is 2.20 bits per heavy atom. The molecule has 4 heteroatoms. The fourth-order valence-corrected chi connectivity index (χ4v) is 2.20. The average Bonchev–Trinajstić information content (AvgIpc) is 3.00. The second-order valence-corrected chi connectivity index (χ2v) is 4.98. The van der Waals surface area contributed by atoms with E-state index >= 15 is 0 Å². The summed E-state index contributed by atoms with van der Waals surface area (Å²) in [4.78, 5) is 14.1. The molecule has 1 saturated heterocycles. The van der Waals surface area contributed by atoms with Crippen LogP contribution in [0.15, 0.2) is 0 Å². The molecule has 1 aliphatic carbocycles. The molecule has 0 bridgehead atoms. The van der Waals surface area contributed by atoms with E-state index in [4.69, 9.17) is 10.5 Å². The molecule has 1 amide bonds. The smallest absolute Gasteiger partial charge is 0.243 e. The summed E-state index contributed by atoms with van der Waals surface area (Å²) >= 11 is 0. The van der Waals surface area contributed by atoms with Crippen LogP contribution in [0.5, 0.6) is 0 Å². The van der Waals surface area contributed by atoms with Crippen LogP contribution < -0.4 is 5.73 Å². The summed E-state index contributed by atoms with van der Waals surface area (Å²) in [7, 11) is 0. The van der Waals surface area contributed by atoms with Gasteiger partial charge in [-0.25, -0.2) is 0 Å². The molecule has 0 aromatic carbocycles. The molecular formula is C11H20N2O2. The molecule has 2 aliphatic rings. The highest BCUT2D eigenvalue weighted by atomic mass is 16.5. The van der Waals surface area contributed by atoms with E-state index in [2.05, 4.69) is 0 Å². The van der Waals surface area contributed by atoms with Gasteiger partial charge in [-0.05, 0) is 32.6 Å². The van der Waals surface area contributed by atoms with Gasteiger partial charge >= 0.3 is 0 Å². The van der Waals surface area contributed by atoms with E-state index in [1.54, 1.807) is 0 Å². The molecular weight excluding hydrogens is 192 g/mol. The van der Waals surface area contributed by atoms with Crippen molar-refractivity contribution in [1.82, 2.24) is 4.90 Å². The molecule has 15 heavy (non-hydrogen) atoms. The molecule has 86 valence electrons. The third-order valence-corrected chi connectivity index (χ3v) is 3.51. The lowest BCUT2D eigenvalue weighted by Gasteiger charge is -2.38. The van der Waals surface area contributed by atoms with Crippen molar-refractivity contribution in [3.8, 4) is 0 Å². The molecule has 0 aromatic rings. The maximum Gasteiger partial charge on any atom is 0.243 e. The van der Waals surface area contributed by atoms with Gasteiger partial charge in [0.25, 0.3) is 0 Å². The number of carbonyl (C=O) groups excluding carboxylic acids is 1. The van der Waals surface area contributed by atoms with E-state index in [0.717, 1.165) is 12.8 Å². The van der Waals surface area contributed by atoms with Crippen molar-refractivity contribution in [3.05, 3.63) is 0 Å². The summed E-state index contributed by atoms with van der Waals surface area (Å²) < 4.78 is 5.32. The molecule has 4 nitrogen and oxygen atoms in total. The minimum Gasteiger partial charge on any atom is -0.377 e. The number of morpholine rings is 1. The number of amides is 1. The molecule has 0 spiro atoms. The Labute approximate surface area is 90.8 Å². The van der Waals surface area contributed by atoms with E-state index in [9.17, 15) is 4.79 Å². The first-order valence-electron chi connectivity index (χ1n) is 5.71. The second kappa shape index (κ2) is 3.76. The highest BCUT2D eigenvalue weighted by Crippen LogP contribution is 2.39. The van der Waals surface area contributed by atoms with E-state index in [1.165, 1.54) is 0 Å². The van der Waals surface area contributed by atoms with Gasteiger partial charge in [0.1, 0.15) is 0 Å². The topological polar surface area (TPSA) is 55.6 Å². The molecule has 1 saturated carbocycles. The lowest BCUT2D eigenvalue weighted by molar-refractivity contribution is -0.145. The molecule has 0 radical (unpaired) electrons. The maximum absolute atomic E-state index is 12.3. The Morgan fingerprint density at radius 1 is 1.53 bits per heavy atom. The van der Waals surface area contributed by atoms with Gasteiger partial charge in [0.15, 0.2) is 0 Å². The lowest BCUT2D eigenvalue weighted by atomic mass is 9.94. The van der Waals surface area contributed by atoms with Crippen molar-refractivity contribution in [2.24, 2.45) is 11.7 Å². The quantitative estimate of drug-likeness (QED) is 0.719. The first-order chi connectivity index (χ1) is 7.03. The number of rotatable bonds is 2. The molecule has 2 atom stereocenters. The Morgan fingerprint density at radius 3 is 2.73 bits per heavy atom. The fraction of sp³-hybridized carbons (Fsp3) is 0.909. The van der Waals surface area contributed by atoms with Crippen molar-refractivity contribution in [2.75, 3.05) is 19.8 Å². The predicted molar refractivity (Wildman–Crippen MR) is 57.3 cm³/mol. The van der Waals surface area contributed by atoms with Crippen LogP contribution in [0.1, 0.15) is 26.7 Å². The second-order valence-electron chi connectivity index (χ2n) is 4.98. The van der Waals surface area contributed by atoms with Crippen LogP contribution in [0.3, 0.4) is 0 Å². The maximum atomic E-state index is 12.3. The zero-order valence-electron chi connectivity index (χ0n) is 9.53. The standard InChI is InChI=1S/C11H20N2O2/c1-8-7-15-6-5-13(8)10(14)11(2,12)9-3-4-9/h8-9H,3-7,12H2,1-2H3/t8-,11?/m1/s1. The Kier molecular flexibility index (Phi) is 2.73. The monoisotopic (exact) mass is 212 g/mol. The zero-order valence-corrected chi connectivity index (χ0v) is 9.53. The molecule has 2 rings (SSSR count). The minimum absolute atomic E-state index is 0.0980. The normalized spacial score (nSPS) is 31.1. The van der Waals surface area contributed by atoms with Gasteiger partial charge in [0.2, 0.25) is 5.91 Å². The van der Waals surface area contributed by atoms with Crippen LogP contribution in [0.4, 0.5) is 0 Å². The number of nitrogens with zero attached hydrogens (tertiary/aromatic N) is 1. The Hall–Kier alpha value is -0.610. The Balaban J connectivity index is 2.05. The van der Waals surface area contributed by atoms with Crippen molar-refractivity contribution in [1.29, 1.82) is 0 Å². The van der Waals surface area contributed by atoms with Gasteiger partial charge < -0.3 is 15.4 Å². The van der Waals surface area contributed by atoms with E-state index in [-0.39, 0.29) is 11.9 Å². The van der Waals surface area contributed by atoms with Crippen LogP contribution in [-0.4, -0.2) is 42.1 Å². The van der Waals surface area contributed by atoms with E-state index < -0.39 is 5.54 Å². The van der Waals surface area contributed by atoms with Crippen LogP contribution in [0, 0.1) is 5.92 Å². The van der Waals surface area contributed by atoms with Crippen LogP contribution in [-0.2, 0) is 9.53 Å². The number of carbonyl (C=O) groups is 1. The summed E-state index contributed by atoms with van der Waals surface area (Å²) in [6.07, 6.45) is 2.19. The molecule has 1 unspecified atom stereocenters. The SMILES string of the molecule is C[C@@H]1COCCN1C(=O)C(C)(N)C1CC1. The van der Waals surface area contributed by atoms with Crippen LogP contribution in [0.2, 0.25) is 0 Å². The number of hydrogen-bond donors (Lipinski definition) is 1. The fourth-order valence-electron chi connectivity index (χ4n) is 2.20. The molecule has 2 N–H and O–H groups in total. The van der Waals surface area contributed by atoms with Gasteiger partial charge in [-0.15, -0.1) is 0 Å². The van der Waals surface area contributed by atoms with Crippen LogP contribution >= 0.6 is 0 Å². The number of ether oxygens (including phenoxy) is 1.